The molecular weight excluding hydrogens is 504 g/mol. The van der Waals surface area contributed by atoms with E-state index in [1.807, 2.05) is 36.1 Å². The average Bonchev–Trinajstić information content (AvgIpc) is 3.66. The van der Waals surface area contributed by atoms with E-state index in [0.717, 1.165) is 54.1 Å². The van der Waals surface area contributed by atoms with Crippen molar-refractivity contribution in [3.05, 3.63) is 89.2 Å². The van der Waals surface area contributed by atoms with Gasteiger partial charge in [-0.15, -0.1) is 0 Å². The van der Waals surface area contributed by atoms with E-state index < -0.39 is 0 Å². The second-order valence-corrected chi connectivity index (χ2v) is 10.7. The number of aryl methyl sites for hydroxylation is 1. The number of rotatable bonds is 5. The number of nitrogens with zero attached hydrogens (tertiary/aromatic N) is 5. The summed E-state index contributed by atoms with van der Waals surface area (Å²) >= 11 is 0. The second-order valence-electron chi connectivity index (χ2n) is 10.7. The molecule has 9 heteroatoms. The van der Waals surface area contributed by atoms with Crippen LogP contribution in [0.15, 0.2) is 71.3 Å². The lowest BCUT2D eigenvalue weighted by Crippen LogP contribution is -2.38. The van der Waals surface area contributed by atoms with Crippen molar-refractivity contribution in [1.29, 1.82) is 0 Å². The summed E-state index contributed by atoms with van der Waals surface area (Å²) in [6, 6.07) is 22.1. The second kappa shape index (κ2) is 9.62. The van der Waals surface area contributed by atoms with E-state index in [1.54, 1.807) is 10.7 Å². The van der Waals surface area contributed by atoms with Gasteiger partial charge in [0.15, 0.2) is 11.4 Å². The van der Waals surface area contributed by atoms with Crippen LogP contribution >= 0.6 is 0 Å². The number of anilines is 2. The van der Waals surface area contributed by atoms with Gasteiger partial charge < -0.3 is 20.3 Å². The van der Waals surface area contributed by atoms with Crippen molar-refractivity contribution >= 4 is 28.4 Å². The van der Waals surface area contributed by atoms with E-state index in [0.29, 0.717) is 35.6 Å². The van der Waals surface area contributed by atoms with E-state index in [1.165, 1.54) is 11.1 Å². The molecular formula is C31H30N6O3. The van der Waals surface area contributed by atoms with Gasteiger partial charge in [0.05, 0.1) is 22.9 Å². The molecule has 1 atom stereocenters. The van der Waals surface area contributed by atoms with Crippen molar-refractivity contribution in [1.82, 2.24) is 19.8 Å². The minimum Gasteiger partial charge on any atom is -0.392 e. The third kappa shape index (κ3) is 4.14. The fourth-order valence-corrected chi connectivity index (χ4v) is 6.00. The minimum absolute atomic E-state index is 0.0824. The number of aromatic nitrogens is 3. The van der Waals surface area contributed by atoms with E-state index in [4.69, 9.17) is 15.4 Å². The lowest BCUT2D eigenvalue weighted by atomic mass is 9.98. The van der Waals surface area contributed by atoms with Crippen LogP contribution in [-0.2, 0) is 13.0 Å². The summed E-state index contributed by atoms with van der Waals surface area (Å²) in [6.45, 7) is 4.95. The summed E-state index contributed by atoms with van der Waals surface area (Å²) in [4.78, 5) is 18.0. The molecule has 0 spiro atoms. The smallest absolute Gasteiger partial charge is 0.277 e. The third-order valence-corrected chi connectivity index (χ3v) is 8.09. The highest BCUT2D eigenvalue weighted by Gasteiger charge is 2.32. The van der Waals surface area contributed by atoms with Gasteiger partial charge in [-0.05, 0) is 66.8 Å². The van der Waals surface area contributed by atoms with Crippen molar-refractivity contribution in [2.45, 2.75) is 32.4 Å². The predicted octanol–water partition coefficient (Wildman–Crippen LogP) is 4.34. The summed E-state index contributed by atoms with van der Waals surface area (Å²) in [5.74, 6) is 0.225. The summed E-state index contributed by atoms with van der Waals surface area (Å²) < 4.78 is 6.96. The van der Waals surface area contributed by atoms with Gasteiger partial charge in [0, 0.05) is 37.4 Å². The Morgan fingerprint density at radius 1 is 1.05 bits per heavy atom. The van der Waals surface area contributed by atoms with E-state index in [2.05, 4.69) is 46.5 Å². The number of hydrogen-bond donors (Lipinski definition) is 2. The first-order chi connectivity index (χ1) is 19.5. The van der Waals surface area contributed by atoms with Crippen molar-refractivity contribution in [3.63, 3.8) is 0 Å². The molecule has 3 aromatic carbocycles. The Balaban J connectivity index is 1.18. The van der Waals surface area contributed by atoms with E-state index in [9.17, 15) is 9.90 Å². The Bertz CT molecular complexity index is 1740. The highest BCUT2D eigenvalue weighted by molar-refractivity contribution is 6.07. The highest BCUT2D eigenvalue weighted by atomic mass is 16.5. The van der Waals surface area contributed by atoms with Crippen LogP contribution < -0.4 is 10.6 Å². The number of hydrogen-bond acceptors (Lipinski definition) is 7. The third-order valence-electron chi connectivity index (χ3n) is 8.09. The highest BCUT2D eigenvalue weighted by Crippen LogP contribution is 2.32. The summed E-state index contributed by atoms with van der Waals surface area (Å²) in [6.07, 6.45) is 1.30. The zero-order valence-electron chi connectivity index (χ0n) is 22.2. The van der Waals surface area contributed by atoms with Gasteiger partial charge in [0.1, 0.15) is 5.69 Å². The first-order valence-electron chi connectivity index (χ1n) is 13.6. The van der Waals surface area contributed by atoms with Crippen molar-refractivity contribution in [2.24, 2.45) is 0 Å². The molecule has 9 nitrogen and oxygen atoms in total. The van der Waals surface area contributed by atoms with Crippen LogP contribution in [0.25, 0.3) is 27.8 Å². The van der Waals surface area contributed by atoms with Gasteiger partial charge in [-0.25, -0.2) is 4.68 Å². The number of benzene rings is 3. The molecule has 4 heterocycles. The maximum Gasteiger partial charge on any atom is 0.277 e. The number of fused-ring (bicyclic) bond motifs is 2. The molecule has 0 bridgehead atoms. The van der Waals surface area contributed by atoms with Crippen LogP contribution in [-0.4, -0.2) is 56.6 Å². The maximum atomic E-state index is 13.9. The number of carbonyl (C=O) groups excluding carboxylic acids is 1. The van der Waals surface area contributed by atoms with E-state index >= 15 is 0 Å². The van der Waals surface area contributed by atoms with Gasteiger partial charge in [-0.2, -0.15) is 5.10 Å². The van der Waals surface area contributed by atoms with Crippen LogP contribution in [0.1, 0.15) is 33.7 Å². The molecule has 7 rings (SSSR count). The molecule has 5 aromatic rings. The molecule has 0 aliphatic carbocycles. The Morgan fingerprint density at radius 3 is 2.65 bits per heavy atom. The zero-order valence-corrected chi connectivity index (χ0v) is 22.2. The molecule has 2 aliphatic rings. The van der Waals surface area contributed by atoms with Gasteiger partial charge in [-0.3, -0.25) is 9.69 Å². The summed E-state index contributed by atoms with van der Waals surface area (Å²) in [5.41, 5.74) is 14.0. The molecule has 40 heavy (non-hydrogen) atoms. The number of aliphatic hydroxyl groups is 1. The average molecular weight is 535 g/mol. The number of nitrogens with two attached hydrogens (primary N) is 1. The Morgan fingerprint density at radius 2 is 1.85 bits per heavy atom. The van der Waals surface area contributed by atoms with Crippen LogP contribution in [0.4, 0.5) is 11.5 Å². The Hall–Kier alpha value is -4.47. The van der Waals surface area contributed by atoms with Gasteiger partial charge in [0.25, 0.3) is 5.91 Å². The number of carbonyl (C=O) groups is 1. The number of likely N-dealkylation sites (tertiary alicyclic amines) is 1. The number of aliphatic hydroxyl groups excluding tert-OH is 1. The zero-order chi connectivity index (χ0) is 27.4. The van der Waals surface area contributed by atoms with Crippen molar-refractivity contribution in [2.75, 3.05) is 30.3 Å². The molecule has 1 amide bonds. The normalized spacial score (nSPS) is 17.6. The first kappa shape index (κ1) is 24.6. The monoisotopic (exact) mass is 534 g/mol. The number of β-amino-alcohol motifs (C(OH)–C–C–N with tert-alkyl or cyclic N) is 1. The lowest BCUT2D eigenvalue weighted by molar-refractivity contribution is 0.0973. The quantitative estimate of drug-likeness (QED) is 0.345. The molecule has 1 saturated heterocycles. The van der Waals surface area contributed by atoms with Crippen molar-refractivity contribution in [3.8, 4) is 16.8 Å². The van der Waals surface area contributed by atoms with Crippen LogP contribution in [0.5, 0.6) is 0 Å². The predicted molar refractivity (Wildman–Crippen MR) is 153 cm³/mol. The maximum absolute atomic E-state index is 13.9. The first-order valence-corrected chi connectivity index (χ1v) is 13.6. The minimum atomic E-state index is -0.238. The van der Waals surface area contributed by atoms with Gasteiger partial charge in [-0.1, -0.05) is 41.6 Å². The largest absolute Gasteiger partial charge is 0.392 e. The summed E-state index contributed by atoms with van der Waals surface area (Å²) in [7, 11) is 0. The molecule has 2 aliphatic heterocycles. The number of nitrogen functional groups attached to an aromatic ring is 1. The molecule has 3 N–H and O–H groups in total. The topological polar surface area (TPSA) is 114 Å². The van der Waals surface area contributed by atoms with Gasteiger partial charge in [0.2, 0.25) is 0 Å². The van der Waals surface area contributed by atoms with E-state index in [-0.39, 0.29) is 12.0 Å². The summed E-state index contributed by atoms with van der Waals surface area (Å²) in [5, 5.41) is 19.2. The molecule has 202 valence electrons. The fraction of sp³-hybridized carbons (Fsp3) is 0.258. The van der Waals surface area contributed by atoms with Crippen LogP contribution in [0.2, 0.25) is 0 Å². The van der Waals surface area contributed by atoms with Crippen LogP contribution in [0.3, 0.4) is 0 Å². The Labute approximate surface area is 231 Å². The van der Waals surface area contributed by atoms with Crippen molar-refractivity contribution < 1.29 is 14.4 Å². The van der Waals surface area contributed by atoms with Gasteiger partial charge >= 0.3 is 0 Å². The molecule has 1 fully saturated rings. The molecule has 1 unspecified atom stereocenters. The standard InChI is InChI=1S/C31H30N6O3/c1-19-25-13-15-36(31(39)29(25)37(33-19)23-10-11-28-27(16-23)30(32)34-40-28)22-8-6-20(7-9-22)26-5-3-2-4-21(26)17-35-14-12-24(38)18-35/h2-11,16,24,38H,12-15,17-18H2,1H3,(H2,32,34). The Kier molecular flexibility index (Phi) is 5.91. The fourth-order valence-electron chi connectivity index (χ4n) is 6.00. The SMILES string of the molecule is Cc1nn(-c2ccc3onc(N)c3c2)c2c1CCN(c1ccc(-c3ccccc3CN3CCC(O)C3)cc1)C2=O. The van der Waals surface area contributed by atoms with Crippen LogP contribution in [0, 0.1) is 6.92 Å². The number of amides is 1. The molecule has 2 aromatic heterocycles. The lowest BCUT2D eigenvalue weighted by Gasteiger charge is -2.28. The molecule has 0 radical (unpaired) electrons. The molecule has 0 saturated carbocycles.